The minimum atomic E-state index is -4.03. The van der Waals surface area contributed by atoms with Crippen molar-refractivity contribution >= 4 is 11.3 Å². The summed E-state index contributed by atoms with van der Waals surface area (Å²) in [6.45, 7) is 2.02. The molecule has 1 aliphatic rings. The lowest BCUT2D eigenvalue weighted by atomic mass is 9.77. The first-order valence-electron chi connectivity index (χ1n) is 6.25. The molecule has 1 aromatic heterocycles. The van der Waals surface area contributed by atoms with Crippen molar-refractivity contribution in [1.29, 1.82) is 0 Å². The minimum absolute atomic E-state index is 0.107. The molecule has 0 amide bonds. The Labute approximate surface area is 109 Å². The monoisotopic (exact) mass is 277 g/mol. The maximum absolute atomic E-state index is 12.6. The Bertz CT molecular complexity index is 391. The molecule has 1 heterocycles. The van der Waals surface area contributed by atoms with E-state index in [0.29, 0.717) is 12.8 Å². The van der Waals surface area contributed by atoms with E-state index in [4.69, 9.17) is 5.73 Å². The second-order valence-corrected chi connectivity index (χ2v) is 6.29. The maximum Gasteiger partial charge on any atom is 0.391 e. The average Bonchev–Trinajstić information content (AvgIpc) is 2.74. The summed E-state index contributed by atoms with van der Waals surface area (Å²) in [5, 5.41) is 2.02. The van der Waals surface area contributed by atoms with Gasteiger partial charge in [-0.25, -0.2) is 0 Å². The van der Waals surface area contributed by atoms with Gasteiger partial charge in [0.05, 0.1) is 5.92 Å². The van der Waals surface area contributed by atoms with Crippen LogP contribution in [0.1, 0.15) is 42.2 Å². The summed E-state index contributed by atoms with van der Waals surface area (Å²) in [6, 6.07) is 1.94. The van der Waals surface area contributed by atoms with Gasteiger partial charge in [0.25, 0.3) is 0 Å². The number of nitrogens with two attached hydrogens (primary N) is 1. The summed E-state index contributed by atoms with van der Waals surface area (Å²) in [7, 11) is 0. The first-order chi connectivity index (χ1) is 8.38. The van der Waals surface area contributed by atoms with Crippen LogP contribution < -0.4 is 5.73 Å². The highest BCUT2D eigenvalue weighted by Gasteiger charge is 2.42. The van der Waals surface area contributed by atoms with Crippen molar-refractivity contribution in [2.24, 2.45) is 17.6 Å². The molecule has 2 N–H and O–H groups in total. The normalized spacial score (nSPS) is 27.2. The van der Waals surface area contributed by atoms with Gasteiger partial charge in [-0.05, 0) is 55.5 Å². The summed E-state index contributed by atoms with van der Waals surface area (Å²) in [5.41, 5.74) is 7.24. The Morgan fingerprint density at radius 2 is 1.89 bits per heavy atom. The van der Waals surface area contributed by atoms with Crippen LogP contribution in [0.2, 0.25) is 0 Å². The summed E-state index contributed by atoms with van der Waals surface area (Å²) in [6.07, 6.45) is -2.41. The topological polar surface area (TPSA) is 26.0 Å². The van der Waals surface area contributed by atoms with Crippen LogP contribution in [0.3, 0.4) is 0 Å². The molecule has 102 valence electrons. The van der Waals surface area contributed by atoms with E-state index in [0.717, 1.165) is 5.56 Å². The lowest BCUT2D eigenvalue weighted by Crippen LogP contribution is -2.31. The molecule has 1 nitrogen and oxygen atoms in total. The van der Waals surface area contributed by atoms with Gasteiger partial charge in [-0.2, -0.15) is 13.2 Å². The first kappa shape index (κ1) is 13.9. The van der Waals surface area contributed by atoms with Gasteiger partial charge in [-0.1, -0.05) is 0 Å². The third-order valence-corrected chi connectivity index (χ3v) is 4.76. The summed E-state index contributed by atoms with van der Waals surface area (Å²) >= 11 is 1.64. The fourth-order valence-electron chi connectivity index (χ4n) is 2.72. The predicted molar refractivity (Wildman–Crippen MR) is 67.5 cm³/mol. The van der Waals surface area contributed by atoms with Gasteiger partial charge in [-0.3, -0.25) is 0 Å². The van der Waals surface area contributed by atoms with Crippen LogP contribution in [0.25, 0.3) is 0 Å². The SMILES string of the molecule is Cc1cc(C(N)C2CCC(C(F)(F)F)CC2)cs1. The van der Waals surface area contributed by atoms with Gasteiger partial charge in [0, 0.05) is 10.9 Å². The number of hydrogen-bond acceptors (Lipinski definition) is 2. The Kier molecular flexibility index (Phi) is 4.02. The molecule has 0 saturated heterocycles. The van der Waals surface area contributed by atoms with Crippen molar-refractivity contribution in [3.05, 3.63) is 21.9 Å². The van der Waals surface area contributed by atoms with E-state index in [-0.39, 0.29) is 24.8 Å². The number of thiophene rings is 1. The standard InChI is InChI=1S/C13H18F3NS/c1-8-6-10(7-18-8)12(17)9-2-4-11(5-3-9)13(14,15)16/h6-7,9,11-12H,2-5,17H2,1H3. The zero-order valence-electron chi connectivity index (χ0n) is 10.3. The minimum Gasteiger partial charge on any atom is -0.324 e. The number of rotatable bonds is 2. The van der Waals surface area contributed by atoms with Crippen molar-refractivity contribution in [2.45, 2.75) is 44.8 Å². The molecule has 1 aliphatic carbocycles. The Morgan fingerprint density at radius 1 is 1.28 bits per heavy atom. The van der Waals surface area contributed by atoms with Crippen molar-refractivity contribution in [2.75, 3.05) is 0 Å². The first-order valence-corrected chi connectivity index (χ1v) is 7.13. The van der Waals surface area contributed by atoms with Crippen molar-refractivity contribution in [1.82, 2.24) is 0 Å². The van der Waals surface area contributed by atoms with Gasteiger partial charge < -0.3 is 5.73 Å². The molecule has 1 atom stereocenters. The molecule has 0 spiro atoms. The highest BCUT2D eigenvalue weighted by Crippen LogP contribution is 2.42. The largest absolute Gasteiger partial charge is 0.391 e. The molecule has 2 rings (SSSR count). The zero-order chi connectivity index (χ0) is 13.3. The molecule has 0 bridgehead atoms. The van der Waals surface area contributed by atoms with Crippen LogP contribution in [-0.2, 0) is 0 Å². The molecule has 18 heavy (non-hydrogen) atoms. The zero-order valence-corrected chi connectivity index (χ0v) is 11.2. The molecular formula is C13H18F3NS. The van der Waals surface area contributed by atoms with Crippen LogP contribution in [0.4, 0.5) is 13.2 Å². The van der Waals surface area contributed by atoms with E-state index in [1.165, 1.54) is 4.88 Å². The van der Waals surface area contributed by atoms with Gasteiger partial charge in [0.15, 0.2) is 0 Å². The van der Waals surface area contributed by atoms with E-state index < -0.39 is 12.1 Å². The second-order valence-electron chi connectivity index (χ2n) is 5.17. The van der Waals surface area contributed by atoms with Gasteiger partial charge in [0.1, 0.15) is 0 Å². The molecule has 1 aromatic rings. The summed E-state index contributed by atoms with van der Waals surface area (Å²) < 4.78 is 37.7. The number of halogens is 3. The fourth-order valence-corrected chi connectivity index (χ4v) is 3.47. The molecule has 1 saturated carbocycles. The van der Waals surface area contributed by atoms with Gasteiger partial charge in [-0.15, -0.1) is 11.3 Å². The second kappa shape index (κ2) is 5.21. The highest BCUT2D eigenvalue weighted by atomic mass is 32.1. The van der Waals surface area contributed by atoms with Crippen LogP contribution in [0, 0.1) is 18.8 Å². The quantitative estimate of drug-likeness (QED) is 0.850. The number of alkyl halides is 3. The number of hydrogen-bond donors (Lipinski definition) is 1. The van der Waals surface area contributed by atoms with E-state index in [1.54, 1.807) is 11.3 Å². The third-order valence-electron chi connectivity index (χ3n) is 3.88. The molecule has 1 fully saturated rings. The summed E-state index contributed by atoms with van der Waals surface area (Å²) in [5.74, 6) is -0.928. The smallest absolute Gasteiger partial charge is 0.324 e. The lowest BCUT2D eigenvalue weighted by molar-refractivity contribution is -0.184. The number of aryl methyl sites for hydroxylation is 1. The van der Waals surface area contributed by atoms with E-state index in [2.05, 4.69) is 0 Å². The maximum atomic E-state index is 12.6. The fraction of sp³-hybridized carbons (Fsp3) is 0.692. The van der Waals surface area contributed by atoms with Crippen LogP contribution in [0.15, 0.2) is 11.4 Å². The summed E-state index contributed by atoms with van der Waals surface area (Å²) in [4.78, 5) is 1.20. The molecule has 0 aliphatic heterocycles. The molecule has 0 aromatic carbocycles. The predicted octanol–water partition coefficient (Wildman–Crippen LogP) is 4.43. The van der Waals surface area contributed by atoms with E-state index in [9.17, 15) is 13.2 Å². The lowest BCUT2D eigenvalue weighted by Gasteiger charge is -2.32. The van der Waals surface area contributed by atoms with Crippen molar-refractivity contribution in [3.8, 4) is 0 Å². The van der Waals surface area contributed by atoms with E-state index in [1.807, 2.05) is 18.4 Å². The average molecular weight is 277 g/mol. The van der Waals surface area contributed by atoms with Gasteiger partial charge >= 0.3 is 6.18 Å². The Hall–Kier alpha value is -0.550. The van der Waals surface area contributed by atoms with Crippen LogP contribution in [-0.4, -0.2) is 6.18 Å². The molecule has 5 heteroatoms. The molecule has 1 unspecified atom stereocenters. The molecule has 0 radical (unpaired) electrons. The Balaban J connectivity index is 1.94. The van der Waals surface area contributed by atoms with E-state index >= 15 is 0 Å². The third kappa shape index (κ3) is 3.06. The highest BCUT2D eigenvalue weighted by molar-refractivity contribution is 7.10. The Morgan fingerprint density at radius 3 is 2.33 bits per heavy atom. The van der Waals surface area contributed by atoms with Crippen LogP contribution in [0.5, 0.6) is 0 Å². The van der Waals surface area contributed by atoms with Crippen LogP contribution >= 0.6 is 11.3 Å². The van der Waals surface area contributed by atoms with Crippen molar-refractivity contribution < 1.29 is 13.2 Å². The van der Waals surface area contributed by atoms with Crippen molar-refractivity contribution in [3.63, 3.8) is 0 Å². The molecular weight excluding hydrogens is 259 g/mol. The van der Waals surface area contributed by atoms with Gasteiger partial charge in [0.2, 0.25) is 0 Å².